The fourth-order valence-corrected chi connectivity index (χ4v) is 5.62. The lowest BCUT2D eigenvalue weighted by molar-refractivity contribution is 0.0332. The molecule has 2 fully saturated rings. The van der Waals surface area contributed by atoms with Gasteiger partial charge in [-0.25, -0.2) is 12.8 Å². The van der Waals surface area contributed by atoms with E-state index in [9.17, 15) is 17.6 Å². The Hall–Kier alpha value is -2.49. The number of amides is 1. The summed E-state index contributed by atoms with van der Waals surface area (Å²) in [6.45, 7) is 7.74. The van der Waals surface area contributed by atoms with E-state index in [-0.39, 0.29) is 16.4 Å². The molecule has 0 unspecified atom stereocenters. The van der Waals surface area contributed by atoms with Crippen molar-refractivity contribution in [1.82, 2.24) is 9.80 Å². The number of anilines is 1. The lowest BCUT2D eigenvalue weighted by atomic mass is 9.93. The lowest BCUT2D eigenvalue weighted by Crippen LogP contribution is -2.40. The molecule has 7 nitrogen and oxygen atoms in total. The van der Waals surface area contributed by atoms with Gasteiger partial charge in [-0.2, -0.15) is 0 Å². The fourth-order valence-electron chi connectivity index (χ4n) is 4.48. The van der Waals surface area contributed by atoms with Crippen LogP contribution in [0.15, 0.2) is 47.4 Å². The maximum Gasteiger partial charge on any atom is 0.261 e. The van der Waals surface area contributed by atoms with Crippen LogP contribution >= 0.6 is 0 Å². The third-order valence-electron chi connectivity index (χ3n) is 6.68. The zero-order valence-corrected chi connectivity index (χ0v) is 20.3. The number of morpholine rings is 1. The van der Waals surface area contributed by atoms with Gasteiger partial charge in [-0.05, 0) is 86.7 Å². The van der Waals surface area contributed by atoms with Gasteiger partial charge in [0, 0.05) is 37.4 Å². The molecular formula is C25H32FN3O4S. The van der Waals surface area contributed by atoms with Crippen LogP contribution in [0.1, 0.15) is 35.2 Å². The lowest BCUT2D eigenvalue weighted by Gasteiger charge is -2.34. The van der Waals surface area contributed by atoms with Gasteiger partial charge >= 0.3 is 0 Å². The number of carbonyl (C=O) groups excluding carboxylic acids is 1. The minimum atomic E-state index is -3.85. The summed E-state index contributed by atoms with van der Waals surface area (Å²) in [5.74, 6) is 0.150. The number of likely N-dealkylation sites (tertiary alicyclic amines) is 1. The van der Waals surface area contributed by atoms with Crippen LogP contribution in [0.5, 0.6) is 0 Å². The van der Waals surface area contributed by atoms with Crippen molar-refractivity contribution in [2.24, 2.45) is 5.92 Å². The highest BCUT2D eigenvalue weighted by Gasteiger charge is 2.24. The molecule has 0 radical (unpaired) electrons. The molecule has 9 heteroatoms. The van der Waals surface area contributed by atoms with E-state index in [0.717, 1.165) is 71.3 Å². The van der Waals surface area contributed by atoms with E-state index in [1.807, 2.05) is 4.90 Å². The van der Waals surface area contributed by atoms with Crippen LogP contribution in [0.25, 0.3) is 0 Å². The number of nitrogens with one attached hydrogen (secondary N) is 1. The molecule has 2 heterocycles. The first kappa shape index (κ1) is 24.6. The molecule has 2 aliphatic heterocycles. The highest BCUT2D eigenvalue weighted by Crippen LogP contribution is 2.24. The van der Waals surface area contributed by atoms with Crippen LogP contribution in [0, 0.1) is 18.7 Å². The van der Waals surface area contributed by atoms with Gasteiger partial charge in [-0.15, -0.1) is 0 Å². The standard InChI is InChI=1S/C25H32FN3O4S/c1-19-18-23(6-7-24(19)26)34(31,32)27-22-4-2-21(3-5-22)25(30)29-12-9-20(10-13-29)8-11-28-14-16-33-17-15-28/h2-7,18,20,27H,8-17H2,1H3. The number of hydrogen-bond acceptors (Lipinski definition) is 5. The first-order chi connectivity index (χ1) is 16.3. The van der Waals surface area contributed by atoms with Crippen molar-refractivity contribution < 1.29 is 22.3 Å². The molecule has 2 aromatic carbocycles. The molecule has 0 aliphatic carbocycles. The monoisotopic (exact) mass is 489 g/mol. The smallest absolute Gasteiger partial charge is 0.261 e. The molecule has 4 rings (SSSR count). The largest absolute Gasteiger partial charge is 0.379 e. The molecule has 184 valence electrons. The third-order valence-corrected chi connectivity index (χ3v) is 8.06. The number of nitrogens with zero attached hydrogens (tertiary/aromatic N) is 2. The van der Waals surface area contributed by atoms with Crippen molar-refractivity contribution in [2.45, 2.75) is 31.1 Å². The Morgan fingerprint density at radius 3 is 2.38 bits per heavy atom. The second-order valence-corrected chi connectivity index (χ2v) is 10.8. The van der Waals surface area contributed by atoms with E-state index in [2.05, 4.69) is 9.62 Å². The number of halogens is 1. The molecule has 2 aromatic rings. The van der Waals surface area contributed by atoms with Gasteiger partial charge in [0.2, 0.25) is 0 Å². The highest BCUT2D eigenvalue weighted by molar-refractivity contribution is 7.92. The number of carbonyl (C=O) groups is 1. The summed E-state index contributed by atoms with van der Waals surface area (Å²) < 4.78 is 46.6. The van der Waals surface area contributed by atoms with Crippen LogP contribution < -0.4 is 4.72 Å². The molecule has 0 saturated carbocycles. The maximum atomic E-state index is 13.5. The van der Waals surface area contributed by atoms with Gasteiger partial charge in [-0.1, -0.05) is 0 Å². The van der Waals surface area contributed by atoms with Gasteiger partial charge in [0.1, 0.15) is 5.82 Å². The average molecular weight is 490 g/mol. The Labute approximate surface area is 200 Å². The Morgan fingerprint density at radius 1 is 1.06 bits per heavy atom. The van der Waals surface area contributed by atoms with Crippen molar-refractivity contribution in [2.75, 3.05) is 50.7 Å². The van der Waals surface area contributed by atoms with Gasteiger partial charge in [0.25, 0.3) is 15.9 Å². The zero-order valence-electron chi connectivity index (χ0n) is 19.5. The molecule has 2 aliphatic rings. The van der Waals surface area contributed by atoms with E-state index in [0.29, 0.717) is 17.2 Å². The molecule has 0 aromatic heterocycles. The molecule has 2 saturated heterocycles. The minimum Gasteiger partial charge on any atom is -0.379 e. The number of ether oxygens (including phenoxy) is 1. The van der Waals surface area contributed by atoms with Gasteiger partial charge in [0.15, 0.2) is 0 Å². The molecule has 1 amide bonds. The van der Waals surface area contributed by atoms with Crippen LogP contribution in [0.4, 0.5) is 10.1 Å². The summed E-state index contributed by atoms with van der Waals surface area (Å²) in [4.78, 5) is 17.3. The topological polar surface area (TPSA) is 79.0 Å². The molecule has 34 heavy (non-hydrogen) atoms. The Balaban J connectivity index is 1.29. The Bertz CT molecular complexity index is 1090. The number of aryl methyl sites for hydroxylation is 1. The van der Waals surface area contributed by atoms with Crippen LogP contribution in [-0.2, 0) is 14.8 Å². The molecule has 0 bridgehead atoms. The second-order valence-electron chi connectivity index (χ2n) is 9.07. The first-order valence-corrected chi connectivity index (χ1v) is 13.3. The van der Waals surface area contributed by atoms with Crippen molar-refractivity contribution in [3.8, 4) is 0 Å². The molecular weight excluding hydrogens is 457 g/mol. The van der Waals surface area contributed by atoms with E-state index in [1.54, 1.807) is 24.3 Å². The summed E-state index contributed by atoms with van der Waals surface area (Å²) >= 11 is 0. The summed E-state index contributed by atoms with van der Waals surface area (Å²) in [6.07, 6.45) is 3.17. The molecule has 1 N–H and O–H groups in total. The predicted molar refractivity (Wildman–Crippen MR) is 129 cm³/mol. The van der Waals surface area contributed by atoms with E-state index < -0.39 is 15.8 Å². The van der Waals surface area contributed by atoms with Crippen LogP contribution in [0.3, 0.4) is 0 Å². The number of piperidine rings is 1. The fraction of sp³-hybridized carbons (Fsp3) is 0.480. The number of benzene rings is 2. The number of rotatable bonds is 7. The highest BCUT2D eigenvalue weighted by atomic mass is 32.2. The average Bonchev–Trinajstić information content (AvgIpc) is 2.85. The normalized spacial score (nSPS) is 18.1. The molecule has 0 spiro atoms. The quantitative estimate of drug-likeness (QED) is 0.644. The third kappa shape index (κ3) is 6.14. The van der Waals surface area contributed by atoms with Crippen molar-refractivity contribution >= 4 is 21.6 Å². The summed E-state index contributed by atoms with van der Waals surface area (Å²) in [5, 5.41) is 0. The molecule has 0 atom stereocenters. The van der Waals surface area contributed by atoms with Crippen LogP contribution in [0.2, 0.25) is 0 Å². The Morgan fingerprint density at radius 2 is 1.74 bits per heavy atom. The SMILES string of the molecule is Cc1cc(S(=O)(=O)Nc2ccc(C(=O)N3CCC(CCN4CCOCC4)CC3)cc2)ccc1F. The number of sulfonamides is 1. The number of hydrogen-bond donors (Lipinski definition) is 1. The maximum absolute atomic E-state index is 13.5. The summed E-state index contributed by atoms with van der Waals surface area (Å²) in [7, 11) is -3.85. The Kier molecular flexibility index (Phi) is 7.85. The predicted octanol–water partition coefficient (Wildman–Crippen LogP) is 3.51. The van der Waals surface area contributed by atoms with E-state index in [1.165, 1.54) is 19.1 Å². The van der Waals surface area contributed by atoms with Crippen molar-refractivity contribution in [3.05, 3.63) is 59.4 Å². The second kappa shape index (κ2) is 10.8. The summed E-state index contributed by atoms with van der Waals surface area (Å²) in [6, 6.07) is 10.1. The van der Waals surface area contributed by atoms with Gasteiger partial charge in [0.05, 0.1) is 18.1 Å². The van der Waals surface area contributed by atoms with Crippen molar-refractivity contribution in [3.63, 3.8) is 0 Å². The first-order valence-electron chi connectivity index (χ1n) is 11.8. The van der Waals surface area contributed by atoms with Crippen LogP contribution in [-0.4, -0.2) is 70.1 Å². The van der Waals surface area contributed by atoms with E-state index in [4.69, 9.17) is 4.74 Å². The summed E-state index contributed by atoms with van der Waals surface area (Å²) in [5.41, 5.74) is 1.14. The zero-order chi connectivity index (χ0) is 24.1. The minimum absolute atomic E-state index is 0.0111. The van der Waals surface area contributed by atoms with E-state index >= 15 is 0 Å². The van der Waals surface area contributed by atoms with Crippen molar-refractivity contribution in [1.29, 1.82) is 0 Å². The van der Waals surface area contributed by atoms with Gasteiger partial charge < -0.3 is 9.64 Å². The van der Waals surface area contributed by atoms with Gasteiger partial charge in [-0.3, -0.25) is 14.4 Å².